The van der Waals surface area contributed by atoms with Gasteiger partial charge in [0.2, 0.25) is 0 Å². The Bertz CT molecular complexity index is 981. The maximum Gasteiger partial charge on any atom is 0.251 e. The Balaban J connectivity index is 1.54. The van der Waals surface area contributed by atoms with Gasteiger partial charge >= 0.3 is 0 Å². The molecule has 0 spiro atoms. The van der Waals surface area contributed by atoms with Crippen molar-refractivity contribution >= 4 is 39.5 Å². The third kappa shape index (κ3) is 4.27. The second-order valence-electron chi connectivity index (χ2n) is 7.23. The number of imidazole rings is 1. The van der Waals surface area contributed by atoms with Crippen molar-refractivity contribution in [1.29, 1.82) is 0 Å². The molecule has 1 aliphatic heterocycles. The van der Waals surface area contributed by atoms with E-state index >= 15 is 0 Å². The van der Waals surface area contributed by atoms with Gasteiger partial charge in [0.1, 0.15) is 0 Å². The van der Waals surface area contributed by atoms with Crippen LogP contribution < -0.4 is 10.2 Å². The molecule has 0 atom stereocenters. The molecule has 3 aromatic rings. The van der Waals surface area contributed by atoms with Crippen molar-refractivity contribution in [3.8, 4) is 0 Å². The minimum absolute atomic E-state index is 0.134. The van der Waals surface area contributed by atoms with Gasteiger partial charge in [0, 0.05) is 59.8 Å². The van der Waals surface area contributed by atoms with Crippen LogP contribution in [0.3, 0.4) is 0 Å². The maximum absolute atomic E-state index is 12.9. The number of hydrogen-bond acceptors (Lipinski definition) is 5. The molecule has 0 saturated carbocycles. The summed E-state index contributed by atoms with van der Waals surface area (Å²) in [5, 5.41) is 5.55. The zero-order valence-corrected chi connectivity index (χ0v) is 18.2. The average molecular weight is 433 g/mol. The fraction of sp³-hybridized carbons (Fsp3) is 0.429. The Morgan fingerprint density at radius 2 is 2.21 bits per heavy atom. The van der Waals surface area contributed by atoms with Crippen LogP contribution in [0.15, 0.2) is 29.9 Å². The quantitative estimate of drug-likeness (QED) is 0.631. The van der Waals surface area contributed by atoms with E-state index in [-0.39, 0.29) is 5.91 Å². The van der Waals surface area contributed by atoms with Gasteiger partial charge in [-0.05, 0) is 44.4 Å². The van der Waals surface area contributed by atoms with E-state index in [0.29, 0.717) is 23.2 Å². The third-order valence-corrected chi connectivity index (χ3v) is 6.43. The molecule has 1 N–H and O–H groups in total. The maximum atomic E-state index is 12.9. The zero-order chi connectivity index (χ0) is 20.4. The van der Waals surface area contributed by atoms with Gasteiger partial charge in [0.15, 0.2) is 4.96 Å². The molecule has 0 unspecified atom stereocenters. The summed E-state index contributed by atoms with van der Waals surface area (Å²) in [6, 6.07) is 4.12. The van der Waals surface area contributed by atoms with Crippen LogP contribution in [-0.4, -0.2) is 41.1 Å². The Kier molecular flexibility index (Phi) is 6.08. The summed E-state index contributed by atoms with van der Waals surface area (Å²) in [6.07, 6.45) is 5.87. The summed E-state index contributed by atoms with van der Waals surface area (Å²) in [6.45, 7) is 6.92. The standard InChI is InChI=1S/C21H25ClN4O2S/c1-3-26(17-4-7-28-8-5-17)19-11-15(22)10-18(14(19)2)20(27)23-12-16-13-25-6-9-29-21(25)24-16/h6,9-11,13,17H,3-5,7-8,12H2,1-2H3,(H,23,27). The topological polar surface area (TPSA) is 58.9 Å². The molecule has 0 radical (unpaired) electrons. The molecule has 0 aliphatic carbocycles. The van der Waals surface area contributed by atoms with Crippen molar-refractivity contribution in [1.82, 2.24) is 14.7 Å². The Hall–Kier alpha value is -2.09. The molecule has 1 aliphatic rings. The number of fused-ring (bicyclic) bond motifs is 1. The van der Waals surface area contributed by atoms with Gasteiger partial charge in [-0.25, -0.2) is 4.98 Å². The molecule has 2 aromatic heterocycles. The molecule has 1 amide bonds. The van der Waals surface area contributed by atoms with E-state index in [1.165, 1.54) is 0 Å². The molecule has 1 saturated heterocycles. The lowest BCUT2D eigenvalue weighted by molar-refractivity contribution is 0.0846. The third-order valence-electron chi connectivity index (χ3n) is 5.44. The number of anilines is 1. The summed E-state index contributed by atoms with van der Waals surface area (Å²) in [7, 11) is 0. The summed E-state index contributed by atoms with van der Waals surface area (Å²) in [5.41, 5.74) is 3.42. The number of carbonyl (C=O) groups is 1. The predicted octanol–water partition coefficient (Wildman–Crippen LogP) is 4.29. The summed E-state index contributed by atoms with van der Waals surface area (Å²) < 4.78 is 7.47. The van der Waals surface area contributed by atoms with Gasteiger partial charge in [-0.3, -0.25) is 9.20 Å². The van der Waals surface area contributed by atoms with Crippen molar-refractivity contribution < 1.29 is 9.53 Å². The minimum atomic E-state index is -0.134. The van der Waals surface area contributed by atoms with E-state index < -0.39 is 0 Å². The van der Waals surface area contributed by atoms with Crippen LogP contribution in [0.5, 0.6) is 0 Å². The van der Waals surface area contributed by atoms with E-state index in [0.717, 1.165) is 54.5 Å². The first-order valence-corrected chi connectivity index (χ1v) is 11.2. The van der Waals surface area contributed by atoms with Gasteiger partial charge in [-0.1, -0.05) is 11.6 Å². The molecule has 29 heavy (non-hydrogen) atoms. The Morgan fingerprint density at radius 1 is 1.41 bits per heavy atom. The molecule has 1 aromatic carbocycles. The lowest BCUT2D eigenvalue weighted by atomic mass is 10.0. The monoisotopic (exact) mass is 432 g/mol. The molecular weight excluding hydrogens is 408 g/mol. The van der Waals surface area contributed by atoms with Crippen molar-refractivity contribution in [3.63, 3.8) is 0 Å². The molecule has 8 heteroatoms. The molecule has 154 valence electrons. The number of carbonyl (C=O) groups excluding carboxylic acids is 1. The number of benzene rings is 1. The highest BCUT2D eigenvalue weighted by atomic mass is 35.5. The van der Waals surface area contributed by atoms with Crippen molar-refractivity contribution in [2.45, 2.75) is 39.3 Å². The van der Waals surface area contributed by atoms with E-state index in [4.69, 9.17) is 16.3 Å². The summed E-state index contributed by atoms with van der Waals surface area (Å²) >= 11 is 7.99. The highest BCUT2D eigenvalue weighted by molar-refractivity contribution is 7.15. The summed E-state index contributed by atoms with van der Waals surface area (Å²) in [5.74, 6) is -0.134. The SMILES string of the molecule is CCN(c1cc(Cl)cc(C(=O)NCc2cn3ccsc3n2)c1C)C1CCOCC1. The van der Waals surface area contributed by atoms with E-state index in [1.807, 2.05) is 35.2 Å². The smallest absolute Gasteiger partial charge is 0.251 e. The van der Waals surface area contributed by atoms with Crippen molar-refractivity contribution in [3.05, 3.63) is 51.7 Å². The number of halogens is 1. The number of hydrogen-bond donors (Lipinski definition) is 1. The van der Waals surface area contributed by atoms with Crippen LogP contribution in [0.1, 0.15) is 41.4 Å². The first-order chi connectivity index (χ1) is 14.1. The lowest BCUT2D eigenvalue weighted by Crippen LogP contribution is -2.40. The van der Waals surface area contributed by atoms with Crippen LogP contribution in [0.25, 0.3) is 4.96 Å². The highest BCUT2D eigenvalue weighted by Crippen LogP contribution is 2.31. The molecular formula is C21H25ClN4O2S. The molecule has 1 fully saturated rings. The predicted molar refractivity (Wildman–Crippen MR) is 117 cm³/mol. The fourth-order valence-corrected chi connectivity index (χ4v) is 4.88. The number of aromatic nitrogens is 2. The van der Waals surface area contributed by atoms with Crippen LogP contribution in [0.4, 0.5) is 5.69 Å². The number of ether oxygens (including phenoxy) is 1. The second kappa shape index (κ2) is 8.73. The van der Waals surface area contributed by atoms with Gasteiger partial charge in [-0.2, -0.15) is 0 Å². The van der Waals surface area contributed by atoms with Gasteiger partial charge in [0.25, 0.3) is 5.91 Å². The van der Waals surface area contributed by atoms with Gasteiger partial charge in [0.05, 0.1) is 12.2 Å². The fourth-order valence-electron chi connectivity index (χ4n) is 3.95. The number of nitrogens with one attached hydrogen (secondary N) is 1. The molecule has 3 heterocycles. The van der Waals surface area contributed by atoms with E-state index in [2.05, 4.69) is 22.1 Å². The van der Waals surface area contributed by atoms with Crippen molar-refractivity contribution in [2.75, 3.05) is 24.7 Å². The molecule has 6 nitrogen and oxygen atoms in total. The number of nitrogens with zero attached hydrogens (tertiary/aromatic N) is 3. The first kappa shape index (κ1) is 20.2. The van der Waals surface area contributed by atoms with Crippen LogP contribution >= 0.6 is 22.9 Å². The van der Waals surface area contributed by atoms with Crippen LogP contribution in [0, 0.1) is 6.92 Å². The first-order valence-electron chi connectivity index (χ1n) is 9.90. The normalized spacial score (nSPS) is 15.0. The van der Waals surface area contributed by atoms with Gasteiger partial charge < -0.3 is 15.0 Å². The second-order valence-corrected chi connectivity index (χ2v) is 8.54. The van der Waals surface area contributed by atoms with Crippen LogP contribution in [0.2, 0.25) is 5.02 Å². The number of thiazole rings is 1. The largest absolute Gasteiger partial charge is 0.381 e. The van der Waals surface area contributed by atoms with Crippen LogP contribution in [-0.2, 0) is 11.3 Å². The van der Waals surface area contributed by atoms with Gasteiger partial charge in [-0.15, -0.1) is 11.3 Å². The van der Waals surface area contributed by atoms with E-state index in [9.17, 15) is 4.79 Å². The molecule has 4 rings (SSSR count). The highest BCUT2D eigenvalue weighted by Gasteiger charge is 2.24. The Labute approximate surface area is 179 Å². The number of rotatable bonds is 6. The minimum Gasteiger partial charge on any atom is -0.381 e. The van der Waals surface area contributed by atoms with E-state index in [1.54, 1.807) is 17.4 Å². The lowest BCUT2D eigenvalue weighted by Gasteiger charge is -2.36. The number of amides is 1. The summed E-state index contributed by atoms with van der Waals surface area (Å²) in [4.78, 5) is 20.7. The molecule has 0 bridgehead atoms. The average Bonchev–Trinajstić information content (AvgIpc) is 3.31. The van der Waals surface area contributed by atoms with Crippen molar-refractivity contribution in [2.24, 2.45) is 0 Å². The Morgan fingerprint density at radius 3 is 2.93 bits per heavy atom. The zero-order valence-electron chi connectivity index (χ0n) is 16.7.